The van der Waals surface area contributed by atoms with Crippen molar-refractivity contribution >= 4 is 17.7 Å². The molecular formula is C20H23N3O3. The molecule has 3 rings (SSSR count). The highest BCUT2D eigenvalue weighted by Gasteiger charge is 2.39. The van der Waals surface area contributed by atoms with Gasteiger partial charge >= 0.3 is 6.09 Å². The Bertz CT molecular complexity index is 794. The number of hydrogen-bond donors (Lipinski definition) is 1. The van der Waals surface area contributed by atoms with E-state index in [-0.39, 0.29) is 30.5 Å². The Balaban J connectivity index is 1.77. The maximum absolute atomic E-state index is 12.3. The zero-order valence-electron chi connectivity index (χ0n) is 15.2. The molecule has 3 atom stereocenters. The van der Waals surface area contributed by atoms with Crippen molar-refractivity contribution in [3.05, 3.63) is 59.9 Å². The molecule has 1 aliphatic rings. The maximum atomic E-state index is 12.3. The van der Waals surface area contributed by atoms with Crippen LogP contribution < -0.4 is 10.2 Å². The van der Waals surface area contributed by atoms with Crippen molar-refractivity contribution in [2.45, 2.75) is 39.5 Å². The van der Waals surface area contributed by atoms with Crippen molar-refractivity contribution in [2.24, 2.45) is 5.92 Å². The summed E-state index contributed by atoms with van der Waals surface area (Å²) in [7, 11) is 0. The molecule has 1 unspecified atom stereocenters. The number of amides is 2. The molecule has 0 saturated carbocycles. The van der Waals surface area contributed by atoms with Crippen molar-refractivity contribution in [1.82, 2.24) is 10.3 Å². The predicted octanol–water partition coefficient (Wildman–Crippen LogP) is 3.44. The van der Waals surface area contributed by atoms with Crippen molar-refractivity contribution in [3.63, 3.8) is 0 Å². The SMILES string of the molecule is CC(=O)N1c2cccnc2C(NC(=O)OCc2ccccc2)[C@@H](C)[C@@H]1C. The molecule has 1 aromatic heterocycles. The first kappa shape index (κ1) is 17.9. The lowest BCUT2D eigenvalue weighted by Gasteiger charge is -2.42. The fraction of sp³-hybridized carbons (Fsp3) is 0.350. The second-order valence-corrected chi connectivity index (χ2v) is 6.58. The molecule has 1 aromatic carbocycles. The van der Waals surface area contributed by atoms with Crippen LogP contribution in [-0.4, -0.2) is 23.0 Å². The minimum atomic E-state index is -0.495. The van der Waals surface area contributed by atoms with Gasteiger partial charge in [-0.15, -0.1) is 0 Å². The Labute approximate surface area is 153 Å². The number of rotatable bonds is 3. The fourth-order valence-corrected chi connectivity index (χ4v) is 3.38. The van der Waals surface area contributed by atoms with E-state index in [2.05, 4.69) is 10.3 Å². The molecule has 6 heteroatoms. The predicted molar refractivity (Wildman–Crippen MR) is 98.5 cm³/mol. The van der Waals surface area contributed by atoms with E-state index in [0.717, 1.165) is 11.3 Å². The standard InChI is InChI=1S/C20H23N3O3/c1-13-14(2)23(15(3)24)17-10-7-11-21-19(17)18(13)22-20(25)26-12-16-8-5-4-6-9-16/h4-11,13-14,18H,12H2,1-3H3,(H,22,25)/t13-,14-,18?/m0/s1. The van der Waals surface area contributed by atoms with Crippen LogP contribution in [0.3, 0.4) is 0 Å². The quantitative estimate of drug-likeness (QED) is 0.917. The largest absolute Gasteiger partial charge is 0.445 e. The maximum Gasteiger partial charge on any atom is 0.408 e. The third-order valence-corrected chi connectivity index (χ3v) is 4.89. The molecule has 0 fully saturated rings. The first-order chi connectivity index (χ1) is 12.5. The smallest absolute Gasteiger partial charge is 0.408 e. The van der Waals surface area contributed by atoms with Crippen LogP contribution in [-0.2, 0) is 16.1 Å². The lowest BCUT2D eigenvalue weighted by molar-refractivity contribution is -0.117. The highest BCUT2D eigenvalue weighted by molar-refractivity contribution is 5.93. The molecule has 136 valence electrons. The number of aromatic nitrogens is 1. The zero-order valence-corrected chi connectivity index (χ0v) is 15.2. The molecule has 0 aliphatic carbocycles. The summed E-state index contributed by atoms with van der Waals surface area (Å²) in [6, 6.07) is 12.8. The molecule has 0 bridgehead atoms. The molecule has 26 heavy (non-hydrogen) atoms. The van der Waals surface area contributed by atoms with Gasteiger partial charge in [0, 0.05) is 25.1 Å². The second kappa shape index (κ2) is 7.56. The van der Waals surface area contributed by atoms with Gasteiger partial charge < -0.3 is 15.0 Å². The molecule has 2 heterocycles. The third-order valence-electron chi connectivity index (χ3n) is 4.89. The van der Waals surface area contributed by atoms with Gasteiger partial charge in [-0.2, -0.15) is 0 Å². The molecular weight excluding hydrogens is 330 g/mol. The van der Waals surface area contributed by atoms with E-state index in [1.807, 2.05) is 50.2 Å². The Morgan fingerprint density at radius 2 is 1.88 bits per heavy atom. The summed E-state index contributed by atoms with van der Waals surface area (Å²) >= 11 is 0. The van der Waals surface area contributed by atoms with Crippen LogP contribution in [0.4, 0.5) is 10.5 Å². The number of ether oxygens (including phenoxy) is 1. The molecule has 2 amide bonds. The van der Waals surface area contributed by atoms with Crippen LogP contribution in [0.15, 0.2) is 48.7 Å². The summed E-state index contributed by atoms with van der Waals surface area (Å²) in [5.74, 6) is -0.0470. The van der Waals surface area contributed by atoms with Crippen molar-refractivity contribution in [1.29, 1.82) is 0 Å². The first-order valence-electron chi connectivity index (χ1n) is 8.71. The average molecular weight is 353 g/mol. The van der Waals surface area contributed by atoms with Crippen molar-refractivity contribution in [2.75, 3.05) is 4.90 Å². The highest BCUT2D eigenvalue weighted by atomic mass is 16.5. The van der Waals surface area contributed by atoms with E-state index >= 15 is 0 Å². The minimum absolute atomic E-state index is 0.00873. The summed E-state index contributed by atoms with van der Waals surface area (Å²) in [5, 5.41) is 2.92. The number of pyridine rings is 1. The number of nitrogens with one attached hydrogen (secondary N) is 1. The number of alkyl carbamates (subject to hydrolysis) is 1. The van der Waals surface area contributed by atoms with Crippen LogP contribution in [0.1, 0.15) is 38.1 Å². The van der Waals surface area contributed by atoms with Crippen LogP contribution in [0.5, 0.6) is 0 Å². The van der Waals surface area contributed by atoms with Gasteiger partial charge in [-0.3, -0.25) is 9.78 Å². The van der Waals surface area contributed by atoms with E-state index in [0.29, 0.717) is 5.69 Å². The molecule has 6 nitrogen and oxygen atoms in total. The Morgan fingerprint density at radius 3 is 2.58 bits per heavy atom. The van der Waals surface area contributed by atoms with Crippen LogP contribution in [0, 0.1) is 5.92 Å². The number of hydrogen-bond acceptors (Lipinski definition) is 4. The summed E-state index contributed by atoms with van der Waals surface area (Å²) in [6.07, 6.45) is 1.18. The van der Waals surface area contributed by atoms with Gasteiger partial charge in [-0.1, -0.05) is 37.3 Å². The lowest BCUT2D eigenvalue weighted by Crippen LogP contribution is -2.51. The lowest BCUT2D eigenvalue weighted by atomic mass is 9.85. The monoisotopic (exact) mass is 353 g/mol. The number of nitrogens with zero attached hydrogens (tertiary/aromatic N) is 2. The molecule has 0 spiro atoms. The fourth-order valence-electron chi connectivity index (χ4n) is 3.38. The topological polar surface area (TPSA) is 71.5 Å². The van der Waals surface area contributed by atoms with Gasteiger partial charge in [-0.25, -0.2) is 4.79 Å². The van der Waals surface area contributed by atoms with E-state index in [1.165, 1.54) is 0 Å². The molecule has 1 N–H and O–H groups in total. The number of anilines is 1. The van der Waals surface area contributed by atoms with Gasteiger partial charge in [0.25, 0.3) is 0 Å². The molecule has 0 radical (unpaired) electrons. The van der Waals surface area contributed by atoms with E-state index in [9.17, 15) is 9.59 Å². The highest BCUT2D eigenvalue weighted by Crippen LogP contribution is 2.39. The number of fused-ring (bicyclic) bond motifs is 1. The number of carbonyl (C=O) groups excluding carboxylic acids is 2. The number of benzene rings is 1. The number of carbonyl (C=O) groups is 2. The Kier molecular flexibility index (Phi) is 5.21. The van der Waals surface area contributed by atoms with Gasteiger partial charge in [0.15, 0.2) is 0 Å². The molecule has 2 aromatic rings. The molecule has 1 aliphatic heterocycles. The normalized spacial score (nSPS) is 21.7. The van der Waals surface area contributed by atoms with Crippen LogP contribution >= 0.6 is 0 Å². The van der Waals surface area contributed by atoms with Gasteiger partial charge in [-0.05, 0) is 24.6 Å². The zero-order chi connectivity index (χ0) is 18.7. The summed E-state index contributed by atoms with van der Waals surface area (Å²) in [5.41, 5.74) is 2.35. The molecule has 0 saturated heterocycles. The summed E-state index contributed by atoms with van der Waals surface area (Å²) in [4.78, 5) is 30.6. The van der Waals surface area contributed by atoms with E-state index in [1.54, 1.807) is 24.1 Å². The average Bonchev–Trinajstić information content (AvgIpc) is 2.64. The summed E-state index contributed by atoms with van der Waals surface area (Å²) < 4.78 is 5.35. The van der Waals surface area contributed by atoms with Gasteiger partial charge in [0.2, 0.25) is 5.91 Å². The third kappa shape index (κ3) is 3.54. The van der Waals surface area contributed by atoms with Crippen molar-refractivity contribution in [3.8, 4) is 0 Å². The second-order valence-electron chi connectivity index (χ2n) is 6.58. The Morgan fingerprint density at radius 1 is 1.15 bits per heavy atom. The van der Waals surface area contributed by atoms with Gasteiger partial charge in [0.1, 0.15) is 6.61 Å². The summed E-state index contributed by atoms with van der Waals surface area (Å²) in [6.45, 7) is 5.73. The van der Waals surface area contributed by atoms with Gasteiger partial charge in [0.05, 0.1) is 17.4 Å². The first-order valence-corrected chi connectivity index (χ1v) is 8.71. The van der Waals surface area contributed by atoms with Crippen LogP contribution in [0.25, 0.3) is 0 Å². The van der Waals surface area contributed by atoms with Crippen molar-refractivity contribution < 1.29 is 14.3 Å². The minimum Gasteiger partial charge on any atom is -0.445 e. The Hall–Kier alpha value is -2.89. The van der Waals surface area contributed by atoms with E-state index in [4.69, 9.17) is 4.74 Å². The van der Waals surface area contributed by atoms with E-state index < -0.39 is 6.09 Å². The van der Waals surface area contributed by atoms with Crippen LogP contribution in [0.2, 0.25) is 0 Å².